The van der Waals surface area contributed by atoms with Crippen LogP contribution in [0.2, 0.25) is 5.02 Å². The Morgan fingerprint density at radius 1 is 0.765 bits per heavy atom. The van der Waals surface area contributed by atoms with E-state index in [9.17, 15) is 18.4 Å². The van der Waals surface area contributed by atoms with Crippen molar-refractivity contribution in [3.05, 3.63) is 62.8 Å². The van der Waals surface area contributed by atoms with Crippen molar-refractivity contribution in [2.45, 2.75) is 51.6 Å². The second kappa shape index (κ2) is 13.6. The number of nitrogens with zero attached hydrogens (tertiary/aromatic N) is 4. The van der Waals surface area contributed by atoms with E-state index >= 15 is 0 Å². The number of fused-ring (bicyclic) bond motifs is 2. The third kappa shape index (κ3) is 7.14. The molecule has 2 aromatic carbocycles. The van der Waals surface area contributed by atoms with Crippen molar-refractivity contribution >= 4 is 89.5 Å². The molecule has 16 heteroatoms. The van der Waals surface area contributed by atoms with Crippen molar-refractivity contribution in [1.29, 1.82) is 0 Å². The SMILES string of the molecule is CC(=O)c1sc2nc(NC3CC3)nc(-c3ccc(F)c(F)c3)c2c1N.COc1cc(Cl)cc(-c2nc(NC3CC3)nc3sc(C(C)=O)c(N)c23)c1. The standard InChI is InChI=1S/C18H17ClN4O2S.C17H14F2N4OS/c1-8(24)16-14(20)13-15(9-5-10(19)7-12(6-9)25-2)22-18(21-11-3-4-11)23-17(13)26-16;1-7(24)15-13(20)12-14(8-2-5-10(18)11(19)6-8)22-17(21-9-3-4-9)23-16(12)25-15/h5-7,11H,3-4,20H2,1-2H3,(H,21,22,23);2,5-6,9H,3-4,20H2,1H3,(H,21,22,23). The van der Waals surface area contributed by atoms with Crippen LogP contribution in [0.1, 0.15) is 58.9 Å². The zero-order valence-corrected chi connectivity index (χ0v) is 30.0. The number of ether oxygens (including phenoxy) is 1. The second-order valence-corrected chi connectivity index (χ2v) is 14.7. The number of nitrogens with one attached hydrogen (secondary N) is 2. The van der Waals surface area contributed by atoms with E-state index in [0.29, 0.717) is 87.6 Å². The van der Waals surface area contributed by atoms with Crippen molar-refractivity contribution in [1.82, 2.24) is 19.9 Å². The number of ketones is 2. The summed E-state index contributed by atoms with van der Waals surface area (Å²) in [5, 5.41) is 8.20. The lowest BCUT2D eigenvalue weighted by Crippen LogP contribution is -2.06. The molecular weight excluding hydrogens is 718 g/mol. The monoisotopic (exact) mass is 748 g/mol. The molecule has 2 fully saturated rings. The summed E-state index contributed by atoms with van der Waals surface area (Å²) in [5.41, 5.74) is 15.2. The molecule has 8 rings (SSSR count). The fraction of sp³-hybridized carbons (Fsp3) is 0.257. The molecule has 4 aromatic heterocycles. The molecule has 6 N–H and O–H groups in total. The Hall–Kier alpha value is -4.99. The molecule has 0 spiro atoms. The normalized spacial score (nSPS) is 13.9. The van der Waals surface area contributed by atoms with E-state index in [4.69, 9.17) is 27.8 Å². The number of carbonyl (C=O) groups excluding carboxylic acids is 2. The molecule has 2 saturated carbocycles. The first-order valence-corrected chi connectivity index (χ1v) is 18.0. The van der Waals surface area contributed by atoms with Crippen LogP contribution in [-0.2, 0) is 0 Å². The highest BCUT2D eigenvalue weighted by Crippen LogP contribution is 2.42. The fourth-order valence-electron chi connectivity index (χ4n) is 5.40. The number of Topliss-reactive ketones (excluding diaryl/α,β-unsaturated/α-hetero) is 2. The van der Waals surface area contributed by atoms with E-state index < -0.39 is 11.6 Å². The lowest BCUT2D eigenvalue weighted by atomic mass is 10.1. The molecule has 2 aliphatic carbocycles. The van der Waals surface area contributed by atoms with Gasteiger partial charge in [-0.1, -0.05) is 11.6 Å². The van der Waals surface area contributed by atoms with Crippen LogP contribution >= 0.6 is 34.3 Å². The van der Waals surface area contributed by atoms with Gasteiger partial charge in [0.1, 0.15) is 15.4 Å². The van der Waals surface area contributed by atoms with Crippen LogP contribution in [-0.4, -0.2) is 50.7 Å². The number of halogens is 3. The molecule has 2 aliphatic rings. The number of thiophene rings is 2. The van der Waals surface area contributed by atoms with Crippen LogP contribution < -0.4 is 26.8 Å². The van der Waals surface area contributed by atoms with Gasteiger partial charge in [-0.25, -0.2) is 28.7 Å². The first kappa shape index (κ1) is 34.5. The maximum Gasteiger partial charge on any atom is 0.224 e. The van der Waals surface area contributed by atoms with Crippen LogP contribution in [0.4, 0.5) is 32.1 Å². The minimum atomic E-state index is -0.971. The number of rotatable bonds is 9. The maximum atomic E-state index is 13.7. The minimum absolute atomic E-state index is 0.0863. The predicted octanol–water partition coefficient (Wildman–Crippen LogP) is 8.38. The van der Waals surface area contributed by atoms with Crippen LogP contribution in [0.15, 0.2) is 36.4 Å². The topological polar surface area (TPSA) is 171 Å². The Labute approximate surface area is 303 Å². The van der Waals surface area contributed by atoms with Gasteiger partial charge in [0.15, 0.2) is 23.2 Å². The Balaban J connectivity index is 0.000000159. The number of benzene rings is 2. The number of hydrogen-bond acceptors (Lipinski definition) is 13. The second-order valence-electron chi connectivity index (χ2n) is 12.3. The third-order valence-corrected chi connectivity index (χ3v) is 10.8. The molecule has 6 aromatic rings. The highest BCUT2D eigenvalue weighted by molar-refractivity contribution is 7.21. The molecule has 0 saturated heterocycles. The van der Waals surface area contributed by atoms with Gasteiger partial charge in [-0.2, -0.15) is 0 Å². The van der Waals surface area contributed by atoms with Gasteiger partial charge >= 0.3 is 0 Å². The number of aromatic nitrogens is 4. The van der Waals surface area contributed by atoms with Crippen molar-refractivity contribution in [3.8, 4) is 28.3 Å². The van der Waals surface area contributed by atoms with E-state index in [1.807, 2.05) is 6.07 Å². The molecule has 11 nitrogen and oxygen atoms in total. The number of nitrogens with two attached hydrogens (primary N) is 2. The van der Waals surface area contributed by atoms with Gasteiger partial charge in [-0.3, -0.25) is 9.59 Å². The van der Waals surface area contributed by atoms with Gasteiger partial charge in [0.2, 0.25) is 11.9 Å². The highest BCUT2D eigenvalue weighted by Gasteiger charge is 2.27. The highest BCUT2D eigenvalue weighted by atomic mass is 35.5. The zero-order valence-electron chi connectivity index (χ0n) is 27.6. The van der Waals surface area contributed by atoms with Gasteiger partial charge in [-0.05, 0) is 62.1 Å². The van der Waals surface area contributed by atoms with Gasteiger partial charge in [0.05, 0.1) is 50.4 Å². The van der Waals surface area contributed by atoms with Crippen molar-refractivity contribution in [2.75, 3.05) is 29.2 Å². The summed E-state index contributed by atoms with van der Waals surface area (Å²) in [4.78, 5) is 44.0. The van der Waals surface area contributed by atoms with E-state index in [0.717, 1.165) is 43.4 Å². The quantitative estimate of drug-likeness (QED) is 0.105. The van der Waals surface area contributed by atoms with Crippen LogP contribution in [0, 0.1) is 11.6 Å². The minimum Gasteiger partial charge on any atom is -0.497 e. The summed E-state index contributed by atoms with van der Waals surface area (Å²) < 4.78 is 32.3. The Morgan fingerprint density at radius 3 is 1.73 bits per heavy atom. The molecule has 262 valence electrons. The number of hydrogen-bond donors (Lipinski definition) is 4. The zero-order chi connectivity index (χ0) is 36.1. The van der Waals surface area contributed by atoms with E-state index in [-0.39, 0.29) is 17.3 Å². The van der Waals surface area contributed by atoms with Crippen molar-refractivity contribution < 1.29 is 23.1 Å². The molecule has 0 atom stereocenters. The molecular formula is C35H31ClF2N8O3S2. The number of methoxy groups -OCH3 is 1. The van der Waals surface area contributed by atoms with Crippen LogP contribution in [0.5, 0.6) is 5.75 Å². The molecule has 51 heavy (non-hydrogen) atoms. The van der Waals surface area contributed by atoms with Crippen molar-refractivity contribution in [3.63, 3.8) is 0 Å². The summed E-state index contributed by atoms with van der Waals surface area (Å²) >= 11 is 8.70. The average Bonchev–Trinajstić information content (AvgIpc) is 4.02. The summed E-state index contributed by atoms with van der Waals surface area (Å²) in [6.45, 7) is 2.93. The van der Waals surface area contributed by atoms with E-state index in [1.54, 1.807) is 19.2 Å². The molecule has 0 radical (unpaired) electrons. The smallest absolute Gasteiger partial charge is 0.224 e. The summed E-state index contributed by atoms with van der Waals surface area (Å²) in [6, 6.07) is 9.65. The molecule has 0 amide bonds. The molecule has 0 bridgehead atoms. The maximum absolute atomic E-state index is 13.7. The van der Waals surface area contributed by atoms with Crippen molar-refractivity contribution in [2.24, 2.45) is 0 Å². The predicted molar refractivity (Wildman–Crippen MR) is 199 cm³/mol. The lowest BCUT2D eigenvalue weighted by molar-refractivity contribution is 0.101. The first-order chi connectivity index (χ1) is 24.4. The molecule has 0 unspecified atom stereocenters. The summed E-state index contributed by atoms with van der Waals surface area (Å²) in [7, 11) is 1.58. The molecule has 0 aliphatic heterocycles. The summed E-state index contributed by atoms with van der Waals surface area (Å²) in [5.74, 6) is -0.618. The Morgan fingerprint density at radius 2 is 1.27 bits per heavy atom. The van der Waals surface area contributed by atoms with Crippen LogP contribution in [0.3, 0.4) is 0 Å². The van der Waals surface area contributed by atoms with Gasteiger partial charge < -0.3 is 26.8 Å². The Kier molecular flexibility index (Phi) is 9.20. The average molecular weight is 749 g/mol. The third-order valence-electron chi connectivity index (χ3n) is 8.21. The summed E-state index contributed by atoms with van der Waals surface area (Å²) in [6.07, 6.45) is 4.28. The van der Waals surface area contributed by atoms with E-state index in [2.05, 4.69) is 30.6 Å². The van der Waals surface area contributed by atoms with Gasteiger partial charge in [0.25, 0.3) is 0 Å². The van der Waals surface area contributed by atoms with Crippen LogP contribution in [0.25, 0.3) is 42.9 Å². The molecule has 4 heterocycles. The fourth-order valence-corrected chi connectivity index (χ4v) is 7.60. The van der Waals surface area contributed by atoms with Gasteiger partial charge in [-0.15, -0.1) is 22.7 Å². The lowest BCUT2D eigenvalue weighted by Gasteiger charge is -2.10. The van der Waals surface area contributed by atoms with E-state index in [1.165, 1.54) is 42.6 Å². The largest absolute Gasteiger partial charge is 0.497 e. The Bertz CT molecular complexity index is 2380. The number of anilines is 4. The number of nitrogen functional groups attached to an aromatic ring is 2. The number of carbonyl (C=O) groups is 2. The first-order valence-electron chi connectivity index (χ1n) is 16.0. The van der Waals surface area contributed by atoms with Gasteiger partial charge in [0, 0.05) is 42.1 Å².